The number of para-hydroxylation sites is 2. The molecule has 1 atom stereocenters. The molecule has 5 rings (SSSR count). The lowest BCUT2D eigenvalue weighted by atomic mass is 9.94. The second-order valence-electron chi connectivity index (χ2n) is 6.44. The molecule has 1 aliphatic rings. The lowest BCUT2D eigenvalue weighted by Gasteiger charge is -2.11. The van der Waals surface area contributed by atoms with Crippen molar-refractivity contribution in [2.24, 2.45) is 5.73 Å². The summed E-state index contributed by atoms with van der Waals surface area (Å²) in [7, 11) is 0. The number of carbonyl (C=O) groups is 1. The van der Waals surface area contributed by atoms with Gasteiger partial charge in [-0.2, -0.15) is 0 Å². The first-order valence-electron chi connectivity index (χ1n) is 8.48. The van der Waals surface area contributed by atoms with Gasteiger partial charge in [-0.05, 0) is 34.4 Å². The van der Waals surface area contributed by atoms with E-state index < -0.39 is 5.92 Å². The zero-order chi connectivity index (χ0) is 17.7. The fourth-order valence-electron chi connectivity index (χ4n) is 3.86. The molecular formula is C22H15N3O. The molecule has 0 saturated heterocycles. The molecule has 26 heavy (non-hydrogen) atoms. The Labute approximate surface area is 150 Å². The van der Waals surface area contributed by atoms with Gasteiger partial charge in [-0.15, -0.1) is 0 Å². The number of rotatable bonds is 2. The van der Waals surface area contributed by atoms with Crippen LogP contribution in [-0.2, 0) is 4.79 Å². The van der Waals surface area contributed by atoms with Crippen LogP contribution in [0.15, 0.2) is 72.9 Å². The minimum Gasteiger partial charge on any atom is -0.369 e. The number of primary amides is 1. The van der Waals surface area contributed by atoms with Crippen molar-refractivity contribution < 1.29 is 4.79 Å². The summed E-state index contributed by atoms with van der Waals surface area (Å²) in [6.07, 6.45) is 1.79. The van der Waals surface area contributed by atoms with Gasteiger partial charge in [0.05, 0.1) is 28.8 Å². The maximum Gasteiger partial charge on any atom is 0.229 e. The Bertz CT molecular complexity index is 1180. The second kappa shape index (κ2) is 5.49. The summed E-state index contributed by atoms with van der Waals surface area (Å²) in [6.45, 7) is 0. The predicted molar refractivity (Wildman–Crippen MR) is 101 cm³/mol. The maximum absolute atomic E-state index is 12.1. The van der Waals surface area contributed by atoms with E-state index in [9.17, 15) is 4.79 Å². The molecule has 1 amide bonds. The normalized spacial score (nSPS) is 14.8. The number of carbonyl (C=O) groups excluding carboxylic acids is 1. The van der Waals surface area contributed by atoms with E-state index in [2.05, 4.69) is 4.98 Å². The van der Waals surface area contributed by atoms with Crippen molar-refractivity contribution in [2.75, 3.05) is 0 Å². The van der Waals surface area contributed by atoms with Gasteiger partial charge in [0.15, 0.2) is 0 Å². The van der Waals surface area contributed by atoms with Gasteiger partial charge in [0.1, 0.15) is 0 Å². The van der Waals surface area contributed by atoms with Gasteiger partial charge in [0.25, 0.3) is 0 Å². The fourth-order valence-corrected chi connectivity index (χ4v) is 3.86. The molecule has 0 bridgehead atoms. The van der Waals surface area contributed by atoms with Crippen LogP contribution in [0, 0.1) is 0 Å². The Morgan fingerprint density at radius 1 is 0.808 bits per heavy atom. The number of benzene rings is 3. The van der Waals surface area contributed by atoms with E-state index in [-0.39, 0.29) is 5.91 Å². The van der Waals surface area contributed by atoms with Crippen LogP contribution in [-0.4, -0.2) is 15.9 Å². The first-order chi connectivity index (χ1) is 12.7. The highest BCUT2D eigenvalue weighted by atomic mass is 16.1. The first kappa shape index (κ1) is 14.8. The van der Waals surface area contributed by atoms with Gasteiger partial charge in [0, 0.05) is 5.56 Å². The van der Waals surface area contributed by atoms with Gasteiger partial charge in [0.2, 0.25) is 5.91 Å². The average Bonchev–Trinajstić information content (AvgIpc) is 3.02. The Balaban J connectivity index is 1.80. The Morgan fingerprint density at radius 2 is 1.50 bits per heavy atom. The van der Waals surface area contributed by atoms with Crippen molar-refractivity contribution in [1.29, 1.82) is 0 Å². The molecule has 1 unspecified atom stereocenters. The summed E-state index contributed by atoms with van der Waals surface area (Å²) in [4.78, 5) is 21.5. The molecule has 124 valence electrons. The van der Waals surface area contributed by atoms with Gasteiger partial charge in [-0.3, -0.25) is 9.78 Å². The Hall–Kier alpha value is -3.53. The molecule has 0 aliphatic heterocycles. The third kappa shape index (κ3) is 2.05. The maximum atomic E-state index is 12.1. The molecule has 3 aromatic carbocycles. The topological polar surface area (TPSA) is 68.9 Å². The zero-order valence-corrected chi connectivity index (χ0v) is 13.9. The summed E-state index contributed by atoms with van der Waals surface area (Å²) >= 11 is 0. The highest BCUT2D eigenvalue weighted by molar-refractivity contribution is 6.00. The highest BCUT2D eigenvalue weighted by Gasteiger charge is 2.34. The third-order valence-corrected chi connectivity index (χ3v) is 4.96. The molecule has 1 heterocycles. The molecular weight excluding hydrogens is 322 g/mol. The molecule has 0 saturated carbocycles. The largest absolute Gasteiger partial charge is 0.369 e. The monoisotopic (exact) mass is 337 g/mol. The molecule has 0 fully saturated rings. The number of amides is 1. The number of nitrogens with zero attached hydrogens (tertiary/aromatic N) is 2. The molecule has 4 heteroatoms. The number of hydrogen-bond acceptors (Lipinski definition) is 3. The SMILES string of the molecule is NC(=O)C1c2ccccc2-c2c(-c3cnc4ccccc4n3)cccc21. The average molecular weight is 337 g/mol. The molecule has 0 radical (unpaired) electrons. The van der Waals surface area contributed by atoms with Crippen LogP contribution in [0.4, 0.5) is 0 Å². The molecule has 2 N–H and O–H groups in total. The third-order valence-electron chi connectivity index (χ3n) is 4.96. The van der Waals surface area contributed by atoms with Gasteiger partial charge in [-0.1, -0.05) is 54.6 Å². The van der Waals surface area contributed by atoms with Crippen molar-refractivity contribution in [3.63, 3.8) is 0 Å². The molecule has 4 aromatic rings. The minimum absolute atomic E-state index is 0.335. The van der Waals surface area contributed by atoms with E-state index in [1.54, 1.807) is 6.20 Å². The fraction of sp³-hybridized carbons (Fsp3) is 0.0455. The lowest BCUT2D eigenvalue weighted by molar-refractivity contribution is -0.118. The van der Waals surface area contributed by atoms with Crippen LogP contribution in [0.3, 0.4) is 0 Å². The van der Waals surface area contributed by atoms with Crippen molar-refractivity contribution in [1.82, 2.24) is 9.97 Å². The van der Waals surface area contributed by atoms with Gasteiger partial charge in [-0.25, -0.2) is 4.98 Å². The number of fused-ring (bicyclic) bond motifs is 4. The van der Waals surface area contributed by atoms with E-state index >= 15 is 0 Å². The molecule has 1 aromatic heterocycles. The summed E-state index contributed by atoms with van der Waals surface area (Å²) in [6, 6.07) is 21.7. The van der Waals surface area contributed by atoms with E-state index in [1.165, 1.54) is 0 Å². The summed E-state index contributed by atoms with van der Waals surface area (Å²) in [5, 5.41) is 0. The second-order valence-corrected chi connectivity index (χ2v) is 6.44. The van der Waals surface area contributed by atoms with Crippen LogP contribution in [0.5, 0.6) is 0 Å². The van der Waals surface area contributed by atoms with Crippen molar-refractivity contribution in [3.8, 4) is 22.4 Å². The zero-order valence-electron chi connectivity index (χ0n) is 13.9. The van der Waals surface area contributed by atoms with E-state index in [4.69, 9.17) is 10.7 Å². The Morgan fingerprint density at radius 3 is 2.35 bits per heavy atom. The summed E-state index contributed by atoms with van der Waals surface area (Å²) in [5.74, 6) is -0.757. The first-order valence-corrected chi connectivity index (χ1v) is 8.48. The molecule has 1 aliphatic carbocycles. The van der Waals surface area contributed by atoms with Crippen molar-refractivity contribution >= 4 is 16.9 Å². The number of hydrogen-bond donors (Lipinski definition) is 1. The van der Waals surface area contributed by atoms with Crippen molar-refractivity contribution in [3.05, 3.63) is 84.1 Å². The highest BCUT2D eigenvalue weighted by Crippen LogP contribution is 2.48. The summed E-state index contributed by atoms with van der Waals surface area (Å²) in [5.41, 5.74) is 13.1. The lowest BCUT2D eigenvalue weighted by Crippen LogP contribution is -2.20. The molecule has 4 nitrogen and oxygen atoms in total. The van der Waals surface area contributed by atoms with Gasteiger partial charge >= 0.3 is 0 Å². The minimum atomic E-state index is -0.422. The van der Waals surface area contributed by atoms with E-state index in [1.807, 2.05) is 66.7 Å². The number of nitrogens with two attached hydrogens (primary N) is 1. The number of aromatic nitrogens is 2. The van der Waals surface area contributed by atoms with Crippen LogP contribution < -0.4 is 5.73 Å². The standard InChI is InChI=1S/C22H15N3O/c23-22(26)21-14-7-2-1-6-13(14)20-15(8-5-9-16(20)21)19-12-24-17-10-3-4-11-18(17)25-19/h1-12,21H,(H2,23,26). The van der Waals surface area contributed by atoms with Crippen LogP contribution in [0.1, 0.15) is 17.0 Å². The predicted octanol–water partition coefficient (Wildman–Crippen LogP) is 3.89. The van der Waals surface area contributed by atoms with Crippen LogP contribution >= 0.6 is 0 Å². The van der Waals surface area contributed by atoms with Crippen molar-refractivity contribution in [2.45, 2.75) is 5.92 Å². The van der Waals surface area contributed by atoms with Crippen LogP contribution in [0.2, 0.25) is 0 Å². The molecule has 0 spiro atoms. The summed E-state index contributed by atoms with van der Waals surface area (Å²) < 4.78 is 0. The Kier molecular flexibility index (Phi) is 3.12. The smallest absolute Gasteiger partial charge is 0.229 e. The van der Waals surface area contributed by atoms with E-state index in [0.29, 0.717) is 0 Å². The van der Waals surface area contributed by atoms with Gasteiger partial charge < -0.3 is 5.73 Å². The quantitative estimate of drug-likeness (QED) is 0.603. The van der Waals surface area contributed by atoms with Crippen LogP contribution in [0.25, 0.3) is 33.4 Å². The van der Waals surface area contributed by atoms with E-state index in [0.717, 1.165) is 44.5 Å².